The number of aryl methyl sites for hydroxylation is 2. The van der Waals surface area contributed by atoms with Crippen LogP contribution in [-0.4, -0.2) is 30.4 Å². The molecule has 1 amide bonds. The van der Waals surface area contributed by atoms with Crippen LogP contribution in [0, 0.1) is 17.0 Å². The van der Waals surface area contributed by atoms with Crippen molar-refractivity contribution in [3.05, 3.63) is 38.2 Å². The van der Waals surface area contributed by atoms with Crippen molar-refractivity contribution in [2.75, 3.05) is 0 Å². The number of amides is 1. The second-order valence-electron chi connectivity index (χ2n) is 4.92. The second kappa shape index (κ2) is 7.36. The molecular weight excluding hydrogens is 368 g/mol. The van der Waals surface area contributed by atoms with E-state index in [1.54, 1.807) is 6.20 Å². The van der Waals surface area contributed by atoms with Gasteiger partial charge < -0.3 is 15.4 Å². The maximum Gasteiger partial charge on any atom is 0.404 e. The average Bonchev–Trinajstić information content (AvgIpc) is 3.06. The fourth-order valence-electron chi connectivity index (χ4n) is 2.10. The van der Waals surface area contributed by atoms with E-state index in [1.807, 2.05) is 18.5 Å². The molecule has 9 nitrogen and oxygen atoms in total. The van der Waals surface area contributed by atoms with E-state index in [4.69, 9.17) is 0 Å². The van der Waals surface area contributed by atoms with E-state index in [0.29, 0.717) is 11.0 Å². The second-order valence-corrected chi connectivity index (χ2v) is 5.77. The van der Waals surface area contributed by atoms with E-state index in [9.17, 15) is 14.9 Å². The summed E-state index contributed by atoms with van der Waals surface area (Å²) in [7, 11) is 0. The monoisotopic (exact) mass is 384 g/mol. The van der Waals surface area contributed by atoms with Gasteiger partial charge in [0.15, 0.2) is 0 Å². The van der Waals surface area contributed by atoms with Crippen LogP contribution >= 0.6 is 15.9 Å². The molecule has 0 aliphatic heterocycles. The number of rotatable bonds is 7. The van der Waals surface area contributed by atoms with Gasteiger partial charge in [0.25, 0.3) is 0 Å². The summed E-state index contributed by atoms with van der Waals surface area (Å²) in [5.74, 6) is -0.407. The third-order valence-corrected chi connectivity index (χ3v) is 3.98. The highest BCUT2D eigenvalue weighted by Crippen LogP contribution is 2.21. The first-order valence-electron chi connectivity index (χ1n) is 7.07. The predicted molar refractivity (Wildman–Crippen MR) is 85.7 cm³/mol. The summed E-state index contributed by atoms with van der Waals surface area (Å²) in [6.07, 6.45) is 3.42. The molecule has 0 unspecified atom stereocenters. The van der Waals surface area contributed by atoms with Gasteiger partial charge >= 0.3 is 5.82 Å². The Morgan fingerprint density at radius 3 is 2.83 bits per heavy atom. The normalized spacial score (nSPS) is 10.7. The summed E-state index contributed by atoms with van der Waals surface area (Å²) in [5.41, 5.74) is 2.00. The van der Waals surface area contributed by atoms with Gasteiger partial charge in [-0.15, -0.1) is 0 Å². The van der Waals surface area contributed by atoms with Gasteiger partial charge in [0.2, 0.25) is 5.91 Å². The quantitative estimate of drug-likeness (QED) is 0.578. The predicted octanol–water partition coefficient (Wildman–Crippen LogP) is 1.79. The molecule has 1 N–H and O–H groups in total. The van der Waals surface area contributed by atoms with Gasteiger partial charge in [-0.25, -0.2) is 0 Å². The maximum atomic E-state index is 11.9. The molecule has 0 atom stereocenters. The summed E-state index contributed by atoms with van der Waals surface area (Å²) in [5, 5.41) is 21.5. The van der Waals surface area contributed by atoms with Gasteiger partial charge in [0, 0.05) is 30.8 Å². The zero-order chi connectivity index (χ0) is 17.0. The summed E-state index contributed by atoms with van der Waals surface area (Å²) in [4.78, 5) is 22.0. The van der Waals surface area contributed by atoms with Crippen LogP contribution in [0.25, 0.3) is 0 Å². The fourth-order valence-corrected chi connectivity index (χ4v) is 2.56. The molecule has 2 aromatic heterocycles. The van der Waals surface area contributed by atoms with Crippen LogP contribution in [0.5, 0.6) is 0 Å². The number of nitrogens with one attached hydrogen (secondary N) is 1. The summed E-state index contributed by atoms with van der Waals surface area (Å²) in [6, 6.07) is 0. The molecule has 0 saturated heterocycles. The van der Waals surface area contributed by atoms with Crippen molar-refractivity contribution < 1.29 is 9.72 Å². The van der Waals surface area contributed by atoms with E-state index in [2.05, 4.69) is 31.4 Å². The van der Waals surface area contributed by atoms with Crippen molar-refractivity contribution >= 4 is 27.7 Å². The molecule has 0 aliphatic rings. The number of halogens is 1. The van der Waals surface area contributed by atoms with Crippen LogP contribution in [0.2, 0.25) is 0 Å². The van der Waals surface area contributed by atoms with Gasteiger partial charge in [-0.05, 0) is 34.7 Å². The lowest BCUT2D eigenvalue weighted by Crippen LogP contribution is -2.24. The lowest BCUT2D eigenvalue weighted by molar-refractivity contribution is -0.390. The van der Waals surface area contributed by atoms with Gasteiger partial charge in [-0.1, -0.05) is 0 Å². The van der Waals surface area contributed by atoms with Crippen molar-refractivity contribution in [3.63, 3.8) is 0 Å². The number of nitro groups is 1. The maximum absolute atomic E-state index is 11.9. The fraction of sp³-hybridized carbons (Fsp3) is 0.462. The molecule has 2 heterocycles. The van der Waals surface area contributed by atoms with Crippen LogP contribution in [0.15, 0.2) is 16.9 Å². The third kappa shape index (κ3) is 4.15. The molecule has 2 aromatic rings. The van der Waals surface area contributed by atoms with Crippen LogP contribution in [0.3, 0.4) is 0 Å². The Hall–Kier alpha value is -2.23. The minimum absolute atomic E-state index is 0.150. The largest absolute Gasteiger partial charge is 0.404 e. The van der Waals surface area contributed by atoms with E-state index in [0.717, 1.165) is 17.8 Å². The van der Waals surface area contributed by atoms with E-state index in [1.165, 1.54) is 10.9 Å². The Balaban J connectivity index is 1.84. The SMILES string of the molecule is CCn1ncc(CNC(=O)CCn2cc(Br)c([N+](=O)[O-])n2)c1C. The minimum Gasteiger partial charge on any atom is -0.358 e. The number of hydrogen-bond acceptors (Lipinski definition) is 5. The van der Waals surface area contributed by atoms with Crippen LogP contribution in [0.4, 0.5) is 5.82 Å². The Bertz CT molecular complexity index is 723. The average molecular weight is 385 g/mol. The number of aromatic nitrogens is 4. The Kier molecular flexibility index (Phi) is 5.48. The zero-order valence-corrected chi connectivity index (χ0v) is 14.4. The van der Waals surface area contributed by atoms with Crippen molar-refractivity contribution in [1.82, 2.24) is 24.9 Å². The molecule has 10 heteroatoms. The molecular formula is C13H17BrN6O3. The molecule has 0 aromatic carbocycles. The highest BCUT2D eigenvalue weighted by atomic mass is 79.9. The highest BCUT2D eigenvalue weighted by Gasteiger charge is 2.18. The Labute approximate surface area is 140 Å². The van der Waals surface area contributed by atoms with Crippen LogP contribution in [-0.2, 0) is 24.4 Å². The van der Waals surface area contributed by atoms with Gasteiger partial charge in [0.05, 0.1) is 24.0 Å². The molecule has 23 heavy (non-hydrogen) atoms. The van der Waals surface area contributed by atoms with E-state index in [-0.39, 0.29) is 24.7 Å². The molecule has 0 radical (unpaired) electrons. The minimum atomic E-state index is -0.575. The molecule has 0 aliphatic carbocycles. The van der Waals surface area contributed by atoms with Gasteiger partial charge in [-0.3, -0.25) is 9.48 Å². The molecule has 124 valence electrons. The number of carbonyl (C=O) groups excluding carboxylic acids is 1. The molecule has 0 fully saturated rings. The molecule has 2 rings (SSSR count). The van der Waals surface area contributed by atoms with Crippen LogP contribution in [0.1, 0.15) is 24.6 Å². The summed E-state index contributed by atoms with van der Waals surface area (Å²) in [6.45, 7) is 5.42. The summed E-state index contributed by atoms with van der Waals surface area (Å²) >= 11 is 3.07. The van der Waals surface area contributed by atoms with Crippen LogP contribution < -0.4 is 5.32 Å². The van der Waals surface area contributed by atoms with E-state index >= 15 is 0 Å². The smallest absolute Gasteiger partial charge is 0.358 e. The number of hydrogen-bond donors (Lipinski definition) is 1. The van der Waals surface area contributed by atoms with Gasteiger partial charge in [-0.2, -0.15) is 9.78 Å². The van der Waals surface area contributed by atoms with Crippen molar-refractivity contribution in [2.24, 2.45) is 0 Å². The first kappa shape index (κ1) is 17.1. The number of carbonyl (C=O) groups is 1. The van der Waals surface area contributed by atoms with Crippen molar-refractivity contribution in [2.45, 2.75) is 39.9 Å². The third-order valence-electron chi connectivity index (χ3n) is 3.42. The topological polar surface area (TPSA) is 108 Å². The van der Waals surface area contributed by atoms with Gasteiger partial charge in [0.1, 0.15) is 4.47 Å². The first-order valence-corrected chi connectivity index (χ1v) is 7.87. The summed E-state index contributed by atoms with van der Waals surface area (Å²) < 4.78 is 3.54. The van der Waals surface area contributed by atoms with E-state index < -0.39 is 4.92 Å². The number of nitrogens with zero attached hydrogens (tertiary/aromatic N) is 5. The highest BCUT2D eigenvalue weighted by molar-refractivity contribution is 9.10. The van der Waals surface area contributed by atoms with Crippen molar-refractivity contribution in [3.8, 4) is 0 Å². The molecule has 0 spiro atoms. The zero-order valence-electron chi connectivity index (χ0n) is 12.8. The lowest BCUT2D eigenvalue weighted by atomic mass is 10.2. The molecule has 0 bridgehead atoms. The van der Waals surface area contributed by atoms with Crippen molar-refractivity contribution in [1.29, 1.82) is 0 Å². The lowest BCUT2D eigenvalue weighted by Gasteiger charge is -2.05. The standard InChI is InChI=1S/C13H17BrN6O3/c1-3-19-9(2)10(7-16-19)6-15-12(21)4-5-18-8-11(14)13(17-18)20(22)23/h7-8H,3-6H2,1-2H3,(H,15,21). The Morgan fingerprint density at radius 2 is 2.26 bits per heavy atom. The molecule has 0 saturated carbocycles. The Morgan fingerprint density at radius 1 is 1.52 bits per heavy atom. The first-order chi connectivity index (χ1) is 10.9.